The zero-order valence-electron chi connectivity index (χ0n) is 2.17. The Morgan fingerprint density at radius 1 is 1.75 bits per heavy atom. The maximum Gasteiger partial charge on any atom is 0.195 e. The fourth-order valence-corrected chi connectivity index (χ4v) is 0. The Bertz CT molecular complexity index is 13.5. The SMILES string of the molecule is C[C]=O.[Lu]. The molecule has 0 aliphatic heterocycles. The smallest absolute Gasteiger partial charge is 0.195 e. The summed E-state index contributed by atoms with van der Waals surface area (Å²) in [5.74, 6) is 0. The maximum absolute atomic E-state index is 8.68. The summed E-state index contributed by atoms with van der Waals surface area (Å²) >= 11 is 0. The van der Waals surface area contributed by atoms with Crippen molar-refractivity contribution in [1.29, 1.82) is 0 Å². The third-order valence-electron chi connectivity index (χ3n) is 0. The summed E-state index contributed by atoms with van der Waals surface area (Å²) in [5.41, 5.74) is 0. The van der Waals surface area contributed by atoms with Gasteiger partial charge in [0.05, 0.1) is 0 Å². The van der Waals surface area contributed by atoms with E-state index in [0.717, 1.165) is 0 Å². The first-order valence-corrected chi connectivity index (χ1v) is 0.704. The average Bonchev–Trinajstić information content (AvgIpc) is 0.918. The van der Waals surface area contributed by atoms with E-state index in [-0.39, 0.29) is 36.9 Å². The van der Waals surface area contributed by atoms with E-state index in [1.807, 2.05) is 0 Å². The molecule has 0 spiro atoms. The van der Waals surface area contributed by atoms with Crippen molar-refractivity contribution in [3.8, 4) is 0 Å². The molecule has 0 N–H and O–H groups in total. The normalized spacial score (nSPS) is 3.25. The minimum absolute atomic E-state index is 0. The van der Waals surface area contributed by atoms with E-state index in [0.29, 0.717) is 0 Å². The standard InChI is InChI=1S/C2H3O.Lu/c1-2-3;/h1H3;. The first-order chi connectivity index (χ1) is 1.41. The van der Waals surface area contributed by atoms with Gasteiger partial charge in [0.25, 0.3) is 0 Å². The number of hydrogen-bond donors (Lipinski definition) is 0. The Kier molecular flexibility index (Phi) is 20.1. The minimum atomic E-state index is 0. The van der Waals surface area contributed by atoms with Crippen molar-refractivity contribution in [1.82, 2.24) is 0 Å². The van der Waals surface area contributed by atoms with Gasteiger partial charge in [0.1, 0.15) is 0 Å². The average molecular weight is 218 g/mol. The summed E-state index contributed by atoms with van der Waals surface area (Å²) in [5, 5.41) is 0. The third kappa shape index (κ3) is 12.9. The van der Waals surface area contributed by atoms with Crippen LogP contribution < -0.4 is 0 Å². The number of carbonyl (C=O) groups excluding carboxylic acids is 1. The van der Waals surface area contributed by atoms with Crippen molar-refractivity contribution >= 4 is 6.29 Å². The Balaban J connectivity index is 0. The van der Waals surface area contributed by atoms with Gasteiger partial charge in [-0.3, -0.25) is 4.79 Å². The molecule has 2 heteroatoms. The van der Waals surface area contributed by atoms with E-state index in [1.165, 1.54) is 13.2 Å². The Morgan fingerprint density at radius 2 is 1.75 bits per heavy atom. The summed E-state index contributed by atoms with van der Waals surface area (Å²) in [6.45, 7) is 1.32. The first kappa shape index (κ1) is 8.86. The molecule has 2 radical (unpaired) electrons. The van der Waals surface area contributed by atoms with Gasteiger partial charge in [-0.2, -0.15) is 0 Å². The number of hydrogen-bond acceptors (Lipinski definition) is 1. The van der Waals surface area contributed by atoms with Crippen LogP contribution >= 0.6 is 0 Å². The maximum atomic E-state index is 8.68. The van der Waals surface area contributed by atoms with Crippen molar-refractivity contribution in [2.45, 2.75) is 6.92 Å². The van der Waals surface area contributed by atoms with Gasteiger partial charge < -0.3 is 0 Å². The van der Waals surface area contributed by atoms with Crippen molar-refractivity contribution in [3.05, 3.63) is 0 Å². The third-order valence-corrected chi connectivity index (χ3v) is 0. The van der Waals surface area contributed by atoms with Crippen LogP contribution in [0.15, 0.2) is 0 Å². The Labute approximate surface area is 54.6 Å². The summed E-state index contributed by atoms with van der Waals surface area (Å²) in [7, 11) is 0. The molecule has 0 unspecified atom stereocenters. The van der Waals surface area contributed by atoms with Gasteiger partial charge in [-0.05, 0) is 0 Å². The Morgan fingerprint density at radius 3 is 1.75 bits per heavy atom. The van der Waals surface area contributed by atoms with Gasteiger partial charge in [-0.1, -0.05) is 0 Å². The fourth-order valence-electron chi connectivity index (χ4n) is 0. The molecule has 1 nitrogen and oxygen atoms in total. The zero-order valence-corrected chi connectivity index (χ0v) is 3.82. The van der Waals surface area contributed by atoms with E-state index < -0.39 is 0 Å². The molecule has 4 heavy (non-hydrogen) atoms. The Hall–Kier alpha value is 0.904. The molecule has 0 fully saturated rings. The molecule has 0 aromatic heterocycles. The second-order valence-electron chi connectivity index (χ2n) is 0.204. The molecule has 0 aliphatic rings. The van der Waals surface area contributed by atoms with Gasteiger partial charge in [0.2, 0.25) is 0 Å². The van der Waals surface area contributed by atoms with E-state index in [4.69, 9.17) is 4.79 Å². The first-order valence-electron chi connectivity index (χ1n) is 0.704. The van der Waals surface area contributed by atoms with E-state index in [1.54, 1.807) is 0 Å². The van der Waals surface area contributed by atoms with Gasteiger partial charge in [0, 0.05) is 43.8 Å². The van der Waals surface area contributed by atoms with Crippen molar-refractivity contribution in [2.24, 2.45) is 0 Å². The molecule has 0 saturated heterocycles. The fraction of sp³-hybridized carbons (Fsp3) is 0.500. The summed E-state index contributed by atoms with van der Waals surface area (Å²) in [6, 6.07) is 0. The van der Waals surface area contributed by atoms with Crippen LogP contribution in [0.1, 0.15) is 6.92 Å². The molecule has 0 saturated carbocycles. The topological polar surface area (TPSA) is 17.1 Å². The minimum Gasteiger partial charge on any atom is -0.291 e. The van der Waals surface area contributed by atoms with E-state index in [9.17, 15) is 0 Å². The summed E-state index contributed by atoms with van der Waals surface area (Å²) < 4.78 is 0. The molecule has 0 aliphatic carbocycles. The van der Waals surface area contributed by atoms with Gasteiger partial charge in [-0.15, -0.1) is 0 Å². The second kappa shape index (κ2) is 9.08. The molecule has 0 aromatic rings. The predicted octanol–water partition coefficient (Wildman–Crippen LogP) is 0.116. The predicted molar refractivity (Wildman–Crippen MR) is 11.4 cm³/mol. The monoisotopic (exact) mass is 218 g/mol. The summed E-state index contributed by atoms with van der Waals surface area (Å²) in [6.07, 6.45) is 1.50. The molecular weight excluding hydrogens is 215 g/mol. The van der Waals surface area contributed by atoms with Crippen LogP contribution in [0.3, 0.4) is 0 Å². The second-order valence-corrected chi connectivity index (χ2v) is 0.204. The largest absolute Gasteiger partial charge is 0.291 e. The van der Waals surface area contributed by atoms with Gasteiger partial charge in [-0.25, -0.2) is 0 Å². The molecule has 0 aromatic carbocycles. The van der Waals surface area contributed by atoms with Crippen molar-refractivity contribution < 1.29 is 41.7 Å². The summed E-state index contributed by atoms with van der Waals surface area (Å²) in [4.78, 5) is 8.68. The molecular formula is C2H3LuO. The van der Waals surface area contributed by atoms with E-state index >= 15 is 0 Å². The molecule has 0 heterocycles. The molecule has 0 bridgehead atoms. The van der Waals surface area contributed by atoms with Crippen molar-refractivity contribution in [2.75, 3.05) is 0 Å². The van der Waals surface area contributed by atoms with Crippen LogP contribution in [0.5, 0.6) is 0 Å². The molecule has 0 amide bonds. The van der Waals surface area contributed by atoms with Crippen LogP contribution in [-0.4, -0.2) is 6.29 Å². The van der Waals surface area contributed by atoms with Gasteiger partial charge in [0.15, 0.2) is 6.29 Å². The molecule has 0 atom stereocenters. The van der Waals surface area contributed by atoms with E-state index in [2.05, 4.69) is 0 Å². The molecule has 32 valence electrons. The molecule has 0 rings (SSSR count). The van der Waals surface area contributed by atoms with Crippen molar-refractivity contribution in [3.63, 3.8) is 0 Å². The quantitative estimate of drug-likeness (QED) is 0.564. The van der Waals surface area contributed by atoms with Gasteiger partial charge >= 0.3 is 0 Å². The zero-order chi connectivity index (χ0) is 2.71. The van der Waals surface area contributed by atoms with Crippen LogP contribution in [0.2, 0.25) is 0 Å². The van der Waals surface area contributed by atoms with Crippen LogP contribution in [0.4, 0.5) is 0 Å². The van der Waals surface area contributed by atoms with Crippen LogP contribution in [-0.2, 0) is 4.79 Å². The van der Waals surface area contributed by atoms with Crippen LogP contribution in [0.25, 0.3) is 0 Å². The number of rotatable bonds is 0. The van der Waals surface area contributed by atoms with Crippen LogP contribution in [0, 0.1) is 36.9 Å².